The van der Waals surface area contributed by atoms with Crippen LogP contribution in [0.2, 0.25) is 0 Å². The van der Waals surface area contributed by atoms with Crippen molar-refractivity contribution in [3.63, 3.8) is 0 Å². The van der Waals surface area contributed by atoms with E-state index in [2.05, 4.69) is 29.4 Å². The smallest absolute Gasteiger partial charge is 0.250 e. The third-order valence-corrected chi connectivity index (χ3v) is 10.1. The van der Waals surface area contributed by atoms with Crippen molar-refractivity contribution < 1.29 is 29.0 Å². The fraction of sp³-hybridized carbons (Fsp3) is 0.559. The minimum absolute atomic E-state index is 0.0968. The highest BCUT2D eigenvalue weighted by Gasteiger charge is 2.80. The summed E-state index contributed by atoms with van der Waals surface area (Å²) in [5.41, 5.74) is 0.0773. The molecule has 3 saturated heterocycles. The van der Waals surface area contributed by atoms with Crippen molar-refractivity contribution in [1.82, 2.24) is 4.90 Å². The van der Waals surface area contributed by atoms with E-state index in [9.17, 15) is 19.5 Å². The van der Waals surface area contributed by atoms with Crippen molar-refractivity contribution >= 4 is 34.8 Å². The van der Waals surface area contributed by atoms with E-state index in [4.69, 9.17) is 9.47 Å². The molecule has 2 aromatic carbocycles. The molecule has 0 radical (unpaired) electrons. The number of anilines is 3. The van der Waals surface area contributed by atoms with Crippen LogP contribution in [-0.4, -0.2) is 77.3 Å². The van der Waals surface area contributed by atoms with Crippen molar-refractivity contribution in [2.45, 2.75) is 77.7 Å². The van der Waals surface area contributed by atoms with E-state index >= 15 is 0 Å². The van der Waals surface area contributed by atoms with Crippen molar-refractivity contribution in [1.29, 1.82) is 0 Å². The van der Waals surface area contributed by atoms with Crippen LogP contribution in [0.25, 0.3) is 0 Å². The van der Waals surface area contributed by atoms with E-state index < -0.39 is 35.1 Å². The molecule has 3 fully saturated rings. The summed E-state index contributed by atoms with van der Waals surface area (Å²) >= 11 is 0. The Morgan fingerprint density at radius 1 is 1.02 bits per heavy atom. The Hall–Kier alpha value is -3.63. The van der Waals surface area contributed by atoms with Crippen molar-refractivity contribution in [3.05, 3.63) is 48.5 Å². The monoisotopic (exact) mass is 606 g/mol. The van der Waals surface area contributed by atoms with Crippen LogP contribution in [0.3, 0.4) is 0 Å². The topological polar surface area (TPSA) is 120 Å². The molecule has 5 rings (SSSR count). The van der Waals surface area contributed by atoms with Gasteiger partial charge >= 0.3 is 0 Å². The molecule has 44 heavy (non-hydrogen) atoms. The number of benzene rings is 2. The van der Waals surface area contributed by atoms with Crippen LogP contribution in [0.1, 0.15) is 54.4 Å². The van der Waals surface area contributed by atoms with Gasteiger partial charge in [-0.15, -0.1) is 0 Å². The number of aliphatic hydroxyl groups is 1. The first kappa shape index (κ1) is 31.8. The van der Waals surface area contributed by atoms with Crippen LogP contribution in [0, 0.1) is 17.8 Å². The largest absolute Gasteiger partial charge is 0.494 e. The molecule has 2 bridgehead atoms. The van der Waals surface area contributed by atoms with E-state index in [0.717, 1.165) is 18.8 Å². The molecule has 2 aromatic rings. The number of carbonyl (C=O) groups is 3. The molecule has 10 heteroatoms. The van der Waals surface area contributed by atoms with Gasteiger partial charge in [-0.25, -0.2) is 0 Å². The normalized spacial score (nSPS) is 29.3. The van der Waals surface area contributed by atoms with Gasteiger partial charge in [0.05, 0.1) is 36.7 Å². The number of aliphatic hydroxyl groups excluding tert-OH is 1. The maximum atomic E-state index is 14.4. The summed E-state index contributed by atoms with van der Waals surface area (Å²) in [6, 6.07) is 13.1. The first-order valence-electron chi connectivity index (χ1n) is 15.9. The van der Waals surface area contributed by atoms with Gasteiger partial charge in [-0.3, -0.25) is 14.4 Å². The number of fused-ring (bicyclic) bond motifs is 1. The van der Waals surface area contributed by atoms with Gasteiger partial charge in [-0.2, -0.15) is 0 Å². The number of hydrogen-bond donors (Lipinski definition) is 3. The summed E-state index contributed by atoms with van der Waals surface area (Å²) in [6.07, 6.45) is 0.896. The zero-order valence-corrected chi connectivity index (χ0v) is 26.6. The molecular weight excluding hydrogens is 560 g/mol. The van der Waals surface area contributed by atoms with Gasteiger partial charge in [0.15, 0.2) is 0 Å². The molecule has 3 amide bonds. The Kier molecular flexibility index (Phi) is 8.96. The van der Waals surface area contributed by atoms with Gasteiger partial charge in [-0.1, -0.05) is 13.8 Å². The summed E-state index contributed by atoms with van der Waals surface area (Å²) in [7, 11) is 0. The van der Waals surface area contributed by atoms with Crippen LogP contribution in [0.4, 0.5) is 17.1 Å². The Balaban J connectivity index is 1.48. The molecular formula is C34H46N4O6. The van der Waals surface area contributed by atoms with Gasteiger partial charge < -0.3 is 35.0 Å². The highest BCUT2D eigenvalue weighted by molar-refractivity contribution is 6.05. The van der Waals surface area contributed by atoms with Crippen LogP contribution >= 0.6 is 0 Å². The number of amides is 3. The summed E-state index contributed by atoms with van der Waals surface area (Å²) in [5, 5.41) is 16.4. The molecule has 10 nitrogen and oxygen atoms in total. The second kappa shape index (κ2) is 12.4. The lowest BCUT2D eigenvalue weighted by atomic mass is 9.62. The number of hydrogen-bond acceptors (Lipinski definition) is 7. The van der Waals surface area contributed by atoms with Crippen LogP contribution in [-0.2, 0) is 19.1 Å². The minimum Gasteiger partial charge on any atom is -0.494 e. The second-order valence-electron chi connectivity index (χ2n) is 12.3. The lowest BCUT2D eigenvalue weighted by Gasteiger charge is -2.36. The zero-order chi connectivity index (χ0) is 31.8. The van der Waals surface area contributed by atoms with Gasteiger partial charge in [0.2, 0.25) is 17.7 Å². The quantitative estimate of drug-likeness (QED) is 0.330. The Morgan fingerprint density at radius 3 is 2.16 bits per heavy atom. The van der Waals surface area contributed by atoms with Crippen LogP contribution < -0.4 is 20.3 Å². The summed E-state index contributed by atoms with van der Waals surface area (Å²) in [6.45, 7) is 13.8. The van der Waals surface area contributed by atoms with E-state index in [1.165, 1.54) is 4.90 Å². The average Bonchev–Trinajstić information content (AvgIpc) is 3.53. The summed E-state index contributed by atoms with van der Waals surface area (Å²) in [5.74, 6) is -2.13. The minimum atomic E-state index is -1.21. The third-order valence-electron chi connectivity index (χ3n) is 10.1. The molecule has 3 heterocycles. The Labute approximate surface area is 260 Å². The first-order chi connectivity index (χ1) is 21.1. The number of likely N-dealkylation sites (tertiary alicyclic amines) is 1. The van der Waals surface area contributed by atoms with Crippen LogP contribution in [0.15, 0.2) is 48.5 Å². The highest BCUT2D eigenvalue weighted by atomic mass is 16.5. The van der Waals surface area contributed by atoms with Crippen molar-refractivity contribution in [3.8, 4) is 5.75 Å². The molecule has 3 aliphatic rings. The molecule has 3 N–H and O–H groups in total. The molecule has 7 atom stereocenters. The molecule has 0 saturated carbocycles. The fourth-order valence-electron chi connectivity index (χ4n) is 7.76. The molecule has 0 aliphatic carbocycles. The SMILES string of the molecule is CCOc1ccc(NC(=O)[C@H]2[C@H]3C(=O)N([C@@H](CC)CO)C(C(=O)Nc4ccc(N(CC)CC)cc4)C34CC(C)[C@]2(C)O4)cc1. The first-order valence-corrected chi connectivity index (χ1v) is 15.9. The maximum absolute atomic E-state index is 14.4. The van der Waals surface area contributed by atoms with Gasteiger partial charge in [-0.05, 0) is 95.0 Å². The molecule has 3 aliphatic heterocycles. The van der Waals surface area contributed by atoms with E-state index in [0.29, 0.717) is 36.6 Å². The standard InChI is InChI=1S/C34H46N4O6/c1-7-24(20-39)38-29(31(41)36-22-11-15-25(16-12-22)37(8-2)9-3)34-19-21(5)33(6,44-34)27(28(34)32(38)42)30(40)35-23-13-17-26(18-14-23)43-10-4/h11-18,21,24,27-29,39H,7-10,19-20H2,1-6H3,(H,35,40)(H,36,41)/t21?,24-,27+,28-,29?,33-,34?/m0/s1. The van der Waals surface area contributed by atoms with Gasteiger partial charge in [0.1, 0.15) is 17.4 Å². The number of ether oxygens (including phenoxy) is 2. The van der Waals surface area contributed by atoms with E-state index in [1.54, 1.807) is 24.3 Å². The van der Waals surface area contributed by atoms with E-state index in [-0.39, 0.29) is 30.2 Å². The fourth-order valence-corrected chi connectivity index (χ4v) is 7.76. The van der Waals surface area contributed by atoms with Gasteiger partial charge in [0.25, 0.3) is 0 Å². The van der Waals surface area contributed by atoms with Gasteiger partial charge in [0, 0.05) is 30.2 Å². The predicted octanol–water partition coefficient (Wildman–Crippen LogP) is 4.29. The van der Waals surface area contributed by atoms with Crippen molar-refractivity contribution in [2.75, 3.05) is 41.8 Å². The molecule has 1 spiro atoms. The zero-order valence-electron chi connectivity index (χ0n) is 26.6. The second-order valence-corrected chi connectivity index (χ2v) is 12.3. The molecule has 238 valence electrons. The predicted molar refractivity (Wildman–Crippen MR) is 170 cm³/mol. The highest BCUT2D eigenvalue weighted by Crippen LogP contribution is 2.65. The van der Waals surface area contributed by atoms with Crippen LogP contribution in [0.5, 0.6) is 5.75 Å². The number of nitrogens with one attached hydrogen (secondary N) is 2. The molecule has 0 aromatic heterocycles. The summed E-state index contributed by atoms with van der Waals surface area (Å²) in [4.78, 5) is 46.3. The Bertz CT molecular complexity index is 1360. The number of nitrogens with zero attached hydrogens (tertiary/aromatic N) is 2. The third kappa shape index (κ3) is 5.11. The van der Waals surface area contributed by atoms with E-state index in [1.807, 2.05) is 52.0 Å². The summed E-state index contributed by atoms with van der Waals surface area (Å²) < 4.78 is 12.3. The Morgan fingerprint density at radius 2 is 1.61 bits per heavy atom. The van der Waals surface area contributed by atoms with Crippen molar-refractivity contribution in [2.24, 2.45) is 17.8 Å². The lowest BCUT2D eigenvalue weighted by Crippen LogP contribution is -2.56. The maximum Gasteiger partial charge on any atom is 0.250 e. The lowest BCUT2D eigenvalue weighted by molar-refractivity contribution is -0.148. The average molecular weight is 607 g/mol. The number of carbonyl (C=O) groups excluding carboxylic acids is 3. The molecule has 3 unspecified atom stereocenters. The number of rotatable bonds is 12.